The van der Waals surface area contributed by atoms with Crippen molar-refractivity contribution in [3.8, 4) is 22.8 Å². The van der Waals surface area contributed by atoms with Crippen molar-refractivity contribution in [2.24, 2.45) is 5.92 Å². The van der Waals surface area contributed by atoms with Gasteiger partial charge in [0.05, 0.1) is 43.3 Å². The highest BCUT2D eigenvalue weighted by Gasteiger charge is 2.34. The lowest BCUT2D eigenvalue weighted by Crippen LogP contribution is -2.49. The molecule has 60 heavy (non-hydrogen) atoms. The molecule has 0 bridgehead atoms. The lowest BCUT2D eigenvalue weighted by molar-refractivity contribution is -0.171. The molecule has 1 heterocycles. The van der Waals surface area contributed by atoms with Gasteiger partial charge < -0.3 is 50.0 Å². The fraction of sp³-hybridized carbons (Fsp3) is 0.415. The Labute approximate surface area is 345 Å². The topological polar surface area (TPSA) is 277 Å². The number of hydrogen-bond acceptors (Lipinski definition) is 12. The van der Waals surface area contributed by atoms with E-state index in [9.17, 15) is 43.5 Å². The zero-order valence-corrected chi connectivity index (χ0v) is 33.9. The smallest absolute Gasteiger partial charge is 0.363 e. The van der Waals surface area contributed by atoms with E-state index >= 15 is 0 Å². The summed E-state index contributed by atoms with van der Waals surface area (Å²) in [4.78, 5) is 105. The monoisotopic (exact) mass is 838 g/mol. The van der Waals surface area contributed by atoms with Crippen LogP contribution in [0, 0.1) is 5.92 Å². The molecule has 2 unspecified atom stereocenters. The maximum Gasteiger partial charge on any atom is 0.363 e. The van der Waals surface area contributed by atoms with Crippen LogP contribution in [0.4, 0.5) is 0 Å². The minimum absolute atomic E-state index is 0.0750. The molecule has 324 valence electrons. The summed E-state index contributed by atoms with van der Waals surface area (Å²) >= 11 is 0. The van der Waals surface area contributed by atoms with Gasteiger partial charge in [0.15, 0.2) is 12.4 Å². The molecule has 2 aromatic carbocycles. The minimum Gasteiger partial charge on any atom is -0.497 e. The number of amides is 4. The Morgan fingerprint density at radius 2 is 1.58 bits per heavy atom. The summed E-state index contributed by atoms with van der Waals surface area (Å²) in [6, 6.07) is 8.69. The molecular formula is C41H50N4O15. The van der Waals surface area contributed by atoms with Crippen LogP contribution in [0.1, 0.15) is 109 Å². The fourth-order valence-corrected chi connectivity index (χ4v) is 6.18. The second kappa shape index (κ2) is 22.9. The van der Waals surface area contributed by atoms with Crippen molar-refractivity contribution < 1.29 is 72.4 Å². The molecule has 19 nitrogen and oxygen atoms in total. The van der Waals surface area contributed by atoms with E-state index in [0.29, 0.717) is 30.6 Å². The number of carbonyl (C=O) groups excluding carboxylic acids is 5. The normalized spacial score (nSPS) is 12.3. The summed E-state index contributed by atoms with van der Waals surface area (Å²) in [6.45, 7) is 6.29. The molecule has 0 spiro atoms. The van der Waals surface area contributed by atoms with Crippen molar-refractivity contribution in [1.29, 1.82) is 0 Å². The number of methoxy groups -OCH3 is 1. The second-order valence-electron chi connectivity index (χ2n) is 13.8. The number of carboxylic acid groups (broad SMARTS) is 3. The van der Waals surface area contributed by atoms with Crippen LogP contribution in [0.15, 0.2) is 52.9 Å². The van der Waals surface area contributed by atoms with Crippen molar-refractivity contribution >= 4 is 48.0 Å². The molecule has 0 saturated carbocycles. The Morgan fingerprint density at radius 1 is 0.867 bits per heavy atom. The largest absolute Gasteiger partial charge is 0.497 e. The van der Waals surface area contributed by atoms with Crippen LogP contribution in [-0.2, 0) is 28.8 Å². The van der Waals surface area contributed by atoms with Crippen LogP contribution in [0.3, 0.4) is 0 Å². The Bertz CT molecular complexity index is 2030. The Morgan fingerprint density at radius 3 is 2.18 bits per heavy atom. The van der Waals surface area contributed by atoms with E-state index in [1.807, 2.05) is 20.8 Å². The van der Waals surface area contributed by atoms with E-state index in [-0.39, 0.29) is 53.0 Å². The molecular weight excluding hydrogens is 788 g/mol. The summed E-state index contributed by atoms with van der Waals surface area (Å²) in [5, 5.41) is 35.6. The third kappa shape index (κ3) is 13.3. The number of benzene rings is 2. The van der Waals surface area contributed by atoms with E-state index in [1.165, 1.54) is 37.4 Å². The third-order valence-corrected chi connectivity index (χ3v) is 9.24. The number of rotatable bonds is 25. The number of carbonyl (C=O) groups is 8. The first-order valence-electron chi connectivity index (χ1n) is 19.1. The molecule has 0 fully saturated rings. The minimum atomic E-state index is -1.79. The highest BCUT2D eigenvalue weighted by molar-refractivity contribution is 6.00. The SMILES string of the molecule is CCCCCC(C(=O)NCNC(=O)c1ccc(-c2ccc(C(=O)NC(CC(=O)O)C(=O)O)c(OCC(=O)O)c2)o1)[C@@H](CC)N(C=O)OC(=O)c1ccc(OC)cc1C(C)C. The van der Waals surface area contributed by atoms with Crippen LogP contribution in [-0.4, -0.2) is 101 Å². The van der Waals surface area contributed by atoms with Gasteiger partial charge in [0.25, 0.3) is 11.8 Å². The van der Waals surface area contributed by atoms with E-state index < -0.39 is 72.6 Å². The molecule has 4 amide bonds. The van der Waals surface area contributed by atoms with Gasteiger partial charge in [0.2, 0.25) is 12.3 Å². The first-order valence-corrected chi connectivity index (χ1v) is 19.1. The average Bonchev–Trinajstić information content (AvgIpc) is 3.72. The van der Waals surface area contributed by atoms with Gasteiger partial charge in [-0.15, -0.1) is 0 Å². The van der Waals surface area contributed by atoms with Gasteiger partial charge in [-0.3, -0.25) is 24.0 Å². The molecule has 6 N–H and O–H groups in total. The Hall–Kier alpha value is -6.92. The molecule has 0 saturated heterocycles. The number of carboxylic acids is 3. The lowest BCUT2D eigenvalue weighted by atomic mass is 9.90. The Kier molecular flexibility index (Phi) is 18.1. The van der Waals surface area contributed by atoms with Gasteiger partial charge in [0.1, 0.15) is 23.3 Å². The van der Waals surface area contributed by atoms with Crippen molar-refractivity contribution in [3.05, 3.63) is 71.0 Å². The van der Waals surface area contributed by atoms with Crippen LogP contribution in [0.25, 0.3) is 11.3 Å². The maximum absolute atomic E-state index is 13.7. The maximum atomic E-state index is 13.7. The summed E-state index contributed by atoms with van der Waals surface area (Å²) in [5.41, 5.74) is 0.797. The molecule has 0 aliphatic carbocycles. The number of nitrogens with one attached hydrogen (secondary N) is 3. The molecule has 3 rings (SSSR count). The van der Waals surface area contributed by atoms with Gasteiger partial charge in [-0.2, -0.15) is 5.06 Å². The van der Waals surface area contributed by atoms with Crippen LogP contribution in [0.5, 0.6) is 11.5 Å². The van der Waals surface area contributed by atoms with Gasteiger partial charge in [-0.25, -0.2) is 14.4 Å². The summed E-state index contributed by atoms with van der Waals surface area (Å²) < 4.78 is 16.2. The van der Waals surface area contributed by atoms with E-state index in [1.54, 1.807) is 25.1 Å². The number of aliphatic carboxylic acids is 3. The van der Waals surface area contributed by atoms with Gasteiger partial charge in [-0.1, -0.05) is 53.0 Å². The zero-order valence-electron chi connectivity index (χ0n) is 33.9. The van der Waals surface area contributed by atoms with Crippen LogP contribution >= 0.6 is 0 Å². The number of nitrogens with zero attached hydrogens (tertiary/aromatic N) is 1. The van der Waals surface area contributed by atoms with Crippen molar-refractivity contribution in [2.45, 2.75) is 84.2 Å². The fourth-order valence-electron chi connectivity index (χ4n) is 6.18. The van der Waals surface area contributed by atoms with Gasteiger partial charge in [0, 0.05) is 5.56 Å². The quantitative estimate of drug-likeness (QED) is 0.0302. The second-order valence-corrected chi connectivity index (χ2v) is 13.8. The van der Waals surface area contributed by atoms with Gasteiger partial charge >= 0.3 is 23.9 Å². The number of ether oxygens (including phenoxy) is 2. The van der Waals surface area contributed by atoms with E-state index in [4.69, 9.17) is 28.9 Å². The first kappa shape index (κ1) is 47.5. The van der Waals surface area contributed by atoms with Crippen molar-refractivity contribution in [3.63, 3.8) is 0 Å². The molecule has 3 aromatic rings. The standard InChI is InChI=1S/C41H50N4O15/c1-6-8-9-10-27(31(7-2)45(22-46)60-41(56)26-14-12-25(57-5)18-29(26)23(3)4)37(51)42-21-43-39(53)33-16-15-32(59-33)24-11-13-28(34(17-24)58-20-36(49)50)38(52)44-30(40(54)55)19-35(47)48/h11-18,22-23,27,30-31H,6-10,19-21H2,1-5H3,(H,42,51)(H,43,53)(H,44,52)(H,47,48)(H,49,50)(H,54,55)/t27?,30?,31-/m1/s1. The number of furan rings is 1. The average molecular weight is 839 g/mol. The highest BCUT2D eigenvalue weighted by Crippen LogP contribution is 2.30. The Balaban J connectivity index is 1.75. The predicted octanol–water partition coefficient (Wildman–Crippen LogP) is 4.21. The summed E-state index contributed by atoms with van der Waals surface area (Å²) in [6.07, 6.45) is 2.31. The third-order valence-electron chi connectivity index (χ3n) is 9.24. The zero-order chi connectivity index (χ0) is 44.5. The van der Waals surface area contributed by atoms with Crippen molar-refractivity contribution in [2.75, 3.05) is 20.4 Å². The lowest BCUT2D eigenvalue weighted by Gasteiger charge is -2.32. The first-order chi connectivity index (χ1) is 28.5. The number of hydrogen-bond donors (Lipinski definition) is 6. The molecule has 0 radical (unpaired) electrons. The van der Waals surface area contributed by atoms with Crippen molar-refractivity contribution in [1.82, 2.24) is 21.0 Å². The van der Waals surface area contributed by atoms with Crippen LogP contribution < -0.4 is 25.4 Å². The summed E-state index contributed by atoms with van der Waals surface area (Å²) in [7, 11) is 1.51. The van der Waals surface area contributed by atoms with Crippen LogP contribution in [0.2, 0.25) is 0 Å². The predicted molar refractivity (Wildman–Crippen MR) is 211 cm³/mol. The molecule has 0 aliphatic rings. The molecule has 1 aromatic heterocycles. The van der Waals surface area contributed by atoms with E-state index in [0.717, 1.165) is 17.9 Å². The number of unbranched alkanes of at least 4 members (excludes halogenated alkanes) is 2. The summed E-state index contributed by atoms with van der Waals surface area (Å²) in [5.74, 6) is -8.36. The van der Waals surface area contributed by atoms with Gasteiger partial charge in [-0.05, 0) is 66.8 Å². The van der Waals surface area contributed by atoms with E-state index in [2.05, 4.69) is 16.0 Å². The number of hydroxylamine groups is 2. The highest BCUT2D eigenvalue weighted by atomic mass is 16.7. The molecule has 3 atom stereocenters. The molecule has 19 heteroatoms. The molecule has 0 aliphatic heterocycles.